The van der Waals surface area contributed by atoms with Crippen molar-refractivity contribution in [2.75, 3.05) is 0 Å². The van der Waals surface area contributed by atoms with E-state index in [2.05, 4.69) is 16.8 Å². The smallest absolute Gasteiger partial charge is 1.00 e. The van der Waals surface area contributed by atoms with Crippen molar-refractivity contribution in [2.24, 2.45) is 0 Å². The van der Waals surface area contributed by atoms with Gasteiger partial charge in [0.25, 0.3) is 8.05 Å². The normalized spacial score (nSPS) is 13.1. The van der Waals surface area contributed by atoms with E-state index >= 15 is 0 Å². The minimum Gasteiger partial charge on any atom is -1.00 e. The second kappa shape index (κ2) is 12.0. The van der Waals surface area contributed by atoms with Crippen LogP contribution in [0.25, 0.3) is 0 Å². The van der Waals surface area contributed by atoms with Gasteiger partial charge in [-0.3, -0.25) is 0 Å². The average Bonchev–Trinajstić information content (AvgIpc) is 1.60. The fourth-order valence-corrected chi connectivity index (χ4v) is 1.38. The summed E-state index contributed by atoms with van der Waals surface area (Å²) in [6, 6.07) is 0. The molecule has 0 fully saturated rings. The van der Waals surface area contributed by atoms with Gasteiger partial charge >= 0.3 is 53.4 Å². The Morgan fingerprint density at radius 3 is 1.50 bits per heavy atom. The Kier molecular flexibility index (Phi) is 25.8. The molecule has 0 aromatic heterocycles. The van der Waals surface area contributed by atoms with Gasteiger partial charge in [0.1, 0.15) is 0 Å². The Morgan fingerprint density at radius 1 is 1.14 bits per heavy atom. The maximum absolute atomic E-state index is 10.1. The van der Waals surface area contributed by atoms with Crippen LogP contribution in [0.2, 0.25) is 0 Å². The predicted octanol–water partition coefficient (Wildman–Crippen LogP) is -6.48. The van der Waals surface area contributed by atoms with E-state index in [9.17, 15) is 9.13 Å². The van der Waals surface area contributed by atoms with Crippen LogP contribution in [0.4, 0.5) is 0 Å². The summed E-state index contributed by atoms with van der Waals surface area (Å²) >= 11 is 0. The third-order valence-electron chi connectivity index (χ3n) is 0.343. The molecule has 14 heteroatoms. The molecule has 0 amide bonds. The summed E-state index contributed by atoms with van der Waals surface area (Å²) in [7, 11) is -5.67. The van der Waals surface area contributed by atoms with E-state index < -0.39 is 15.6 Å². The standard InChI is InChI=1S/BH3O7P2.Fe.2Li.Mn.2H/c1-7-10(5,6)8-9(2,3)4;;;;;;/h(H,5,6)(H2,2,3,4);;;;;;/q;;2*+1;;2*-1. The third kappa shape index (κ3) is 20.0. The van der Waals surface area contributed by atoms with Crippen LogP contribution < -0.4 is 37.7 Å². The number of hydrogen-bond donors (Lipinski definition) is 3. The molecule has 0 saturated heterocycles. The van der Waals surface area contributed by atoms with Crippen LogP contribution in [0.1, 0.15) is 2.85 Å². The number of rotatable bonds is 3. The molecule has 3 radical (unpaired) electrons. The van der Waals surface area contributed by atoms with E-state index in [1.165, 1.54) is 0 Å². The summed E-state index contributed by atoms with van der Waals surface area (Å²) in [5, 5.41) is 0. The van der Waals surface area contributed by atoms with Gasteiger partial charge in [0.15, 0.2) is 0 Å². The summed E-state index contributed by atoms with van der Waals surface area (Å²) in [6.07, 6.45) is 0. The van der Waals surface area contributed by atoms with Gasteiger partial charge in [-0.2, -0.15) is 4.31 Å². The molecular formula is H5BFeLi2MnO7P2. The van der Waals surface area contributed by atoms with Crippen molar-refractivity contribution in [2.45, 2.75) is 0 Å². The first kappa shape index (κ1) is 30.0. The zero-order valence-electron chi connectivity index (χ0n) is 9.18. The molecular weight excluding hydrogens is 309 g/mol. The summed E-state index contributed by atoms with van der Waals surface area (Å²) in [4.78, 5) is 24.0. The quantitative estimate of drug-likeness (QED) is 0.351. The maximum atomic E-state index is 10.1. The summed E-state index contributed by atoms with van der Waals surface area (Å²) in [5.41, 5.74) is 0. The SMILES string of the molecule is [B]OP(=O)(O)OP(=O)(O)O.[Fe].[H-].[H-].[Li+].[Li+].[Mn]. The Labute approximate surface area is 130 Å². The summed E-state index contributed by atoms with van der Waals surface area (Å²) < 4.78 is 26.3. The first-order chi connectivity index (χ1) is 4.27. The van der Waals surface area contributed by atoms with Crippen LogP contribution in [-0.2, 0) is 52.0 Å². The summed E-state index contributed by atoms with van der Waals surface area (Å²) in [6.45, 7) is 0. The first-order valence-electron chi connectivity index (χ1n) is 1.75. The third-order valence-corrected chi connectivity index (χ3v) is 2.29. The molecule has 0 spiro atoms. The van der Waals surface area contributed by atoms with E-state index in [0.29, 0.717) is 0 Å². The van der Waals surface area contributed by atoms with Gasteiger partial charge in [0.2, 0.25) is 0 Å². The van der Waals surface area contributed by atoms with Crippen LogP contribution in [0.15, 0.2) is 0 Å². The van der Waals surface area contributed by atoms with Crippen molar-refractivity contribution in [3.63, 3.8) is 0 Å². The van der Waals surface area contributed by atoms with Gasteiger partial charge in [-0.25, -0.2) is 9.13 Å². The molecule has 0 rings (SSSR count). The molecule has 0 aliphatic heterocycles. The Balaban J connectivity index is -0.0000000270. The van der Waals surface area contributed by atoms with Crippen LogP contribution >= 0.6 is 15.6 Å². The van der Waals surface area contributed by atoms with E-state index in [1.807, 2.05) is 0 Å². The van der Waals surface area contributed by atoms with Gasteiger partial charge in [0, 0.05) is 34.1 Å². The van der Waals surface area contributed by atoms with Gasteiger partial charge in [-0.1, -0.05) is 0 Å². The molecule has 0 aromatic carbocycles. The fraction of sp³-hybridized carbons (Fsp3) is 0. The molecule has 0 heterocycles. The van der Waals surface area contributed by atoms with Crippen LogP contribution in [0.3, 0.4) is 0 Å². The minimum absolute atomic E-state index is 0. The predicted molar refractivity (Wildman–Crippen MR) is 32.0 cm³/mol. The van der Waals surface area contributed by atoms with Crippen molar-refractivity contribution in [1.29, 1.82) is 0 Å². The van der Waals surface area contributed by atoms with Gasteiger partial charge in [-0.05, 0) is 0 Å². The molecule has 1 atom stereocenters. The second-order valence-electron chi connectivity index (χ2n) is 1.15. The maximum Gasteiger partial charge on any atom is 1.00 e. The molecule has 77 valence electrons. The largest absolute Gasteiger partial charge is 1.00 e. The first-order valence-corrected chi connectivity index (χ1v) is 4.77. The Hall–Kier alpha value is 2.56. The van der Waals surface area contributed by atoms with E-state index in [0.717, 1.165) is 0 Å². The molecule has 0 bridgehead atoms. The Morgan fingerprint density at radius 2 is 1.43 bits per heavy atom. The average molecular weight is 314 g/mol. The molecule has 0 aliphatic carbocycles. The van der Waals surface area contributed by atoms with E-state index in [4.69, 9.17) is 14.7 Å². The zero-order valence-corrected chi connectivity index (χ0v) is 11.3. The summed E-state index contributed by atoms with van der Waals surface area (Å²) in [5.74, 6) is 0. The van der Waals surface area contributed by atoms with Crippen molar-refractivity contribution >= 4 is 23.7 Å². The van der Waals surface area contributed by atoms with Crippen LogP contribution in [-0.4, -0.2) is 22.7 Å². The molecule has 1 unspecified atom stereocenters. The minimum atomic E-state index is -5.02. The van der Waals surface area contributed by atoms with Crippen molar-refractivity contribution in [3.8, 4) is 0 Å². The van der Waals surface area contributed by atoms with Crippen molar-refractivity contribution in [1.82, 2.24) is 0 Å². The fourth-order valence-electron chi connectivity index (χ4n) is 0.154. The van der Waals surface area contributed by atoms with Crippen molar-refractivity contribution in [3.05, 3.63) is 0 Å². The van der Waals surface area contributed by atoms with Crippen molar-refractivity contribution < 1.29 is 107 Å². The van der Waals surface area contributed by atoms with Crippen LogP contribution in [0, 0.1) is 0 Å². The van der Waals surface area contributed by atoms with E-state index in [1.54, 1.807) is 0 Å². The van der Waals surface area contributed by atoms with Gasteiger partial charge in [0.05, 0.1) is 0 Å². The molecule has 0 aromatic rings. The molecule has 0 saturated carbocycles. The second-order valence-corrected chi connectivity index (χ2v) is 3.93. The zero-order chi connectivity index (χ0) is 8.41. The van der Waals surface area contributed by atoms with Gasteiger partial charge in [-0.15, -0.1) is 0 Å². The Bertz CT molecular complexity index is 217. The monoisotopic (exact) mass is 315 g/mol. The number of phosphoric acid groups is 2. The molecule has 0 aliphatic rings. The van der Waals surface area contributed by atoms with Gasteiger partial charge < -0.3 is 22.0 Å². The van der Waals surface area contributed by atoms with Crippen LogP contribution in [0.5, 0.6) is 0 Å². The number of hydrogen-bond acceptors (Lipinski definition) is 4. The topological polar surface area (TPSA) is 113 Å². The molecule has 7 nitrogen and oxygen atoms in total. The van der Waals surface area contributed by atoms with E-state index in [-0.39, 0.29) is 74.7 Å². The molecule has 14 heavy (non-hydrogen) atoms. The molecule has 3 N–H and O–H groups in total.